The van der Waals surface area contributed by atoms with Crippen LogP contribution in [-0.2, 0) is 13.9 Å². The molecular formula is C6H14O7P2. The van der Waals surface area contributed by atoms with Gasteiger partial charge < -0.3 is 24.3 Å². The van der Waals surface area contributed by atoms with E-state index in [9.17, 15) is 9.13 Å². The molecule has 0 radical (unpaired) electrons. The molecule has 2 unspecified atom stereocenters. The summed E-state index contributed by atoms with van der Waals surface area (Å²) in [6.07, 6.45) is 1.11. The molecule has 0 amide bonds. The standard InChI is InChI=1S/C6H14O7P2/c7-14(8,9)5-3-1-2-4-13-6(5)15(10,11)12/h5-6H,1-4H2,(H2,7,8,9)(H2,10,11,12). The van der Waals surface area contributed by atoms with Crippen LogP contribution in [0.15, 0.2) is 0 Å². The van der Waals surface area contributed by atoms with Crippen LogP contribution in [0.5, 0.6) is 0 Å². The van der Waals surface area contributed by atoms with Crippen LogP contribution >= 0.6 is 15.2 Å². The fourth-order valence-corrected chi connectivity index (χ4v) is 4.45. The summed E-state index contributed by atoms with van der Waals surface area (Å²) in [6.45, 7) is 0.117. The third-order valence-electron chi connectivity index (χ3n) is 2.28. The molecule has 15 heavy (non-hydrogen) atoms. The fraction of sp³-hybridized carbons (Fsp3) is 1.00. The SMILES string of the molecule is O=P(O)(O)C1CCCCOC1P(=O)(O)O. The van der Waals surface area contributed by atoms with E-state index in [0.29, 0.717) is 12.8 Å². The second-order valence-corrected chi connectivity index (χ2v) is 7.03. The topological polar surface area (TPSA) is 124 Å². The highest BCUT2D eigenvalue weighted by atomic mass is 31.2. The third-order valence-corrected chi connectivity index (χ3v) is 5.08. The van der Waals surface area contributed by atoms with Gasteiger partial charge in [-0.3, -0.25) is 9.13 Å². The molecule has 90 valence electrons. The molecule has 0 aromatic rings. The Balaban J connectivity index is 2.97. The molecular weight excluding hydrogens is 246 g/mol. The molecule has 1 aliphatic rings. The number of ether oxygens (including phenoxy) is 1. The van der Waals surface area contributed by atoms with Gasteiger partial charge in [-0.25, -0.2) is 0 Å². The summed E-state index contributed by atoms with van der Waals surface area (Å²) in [6, 6.07) is 0. The third kappa shape index (κ3) is 3.64. The Morgan fingerprint density at radius 2 is 1.60 bits per heavy atom. The number of hydrogen-bond donors (Lipinski definition) is 4. The molecule has 0 aliphatic carbocycles. The normalized spacial score (nSPS) is 29.9. The quantitative estimate of drug-likeness (QED) is 0.524. The molecule has 1 saturated heterocycles. The molecule has 0 saturated carbocycles. The fourth-order valence-electron chi connectivity index (χ4n) is 1.57. The first-order chi connectivity index (χ1) is 6.73. The summed E-state index contributed by atoms with van der Waals surface area (Å²) in [5, 5.41) is 0. The van der Waals surface area contributed by atoms with Gasteiger partial charge in [0, 0.05) is 6.61 Å². The average molecular weight is 260 g/mol. The molecule has 4 N–H and O–H groups in total. The van der Waals surface area contributed by atoms with E-state index < -0.39 is 26.7 Å². The Hall–Kier alpha value is 0.260. The average Bonchev–Trinajstić information content (AvgIpc) is 2.24. The Kier molecular flexibility index (Phi) is 4.12. The van der Waals surface area contributed by atoms with Crippen molar-refractivity contribution < 1.29 is 33.4 Å². The van der Waals surface area contributed by atoms with Crippen LogP contribution in [0.25, 0.3) is 0 Å². The maximum atomic E-state index is 11.1. The highest BCUT2D eigenvalue weighted by Crippen LogP contribution is 2.56. The first kappa shape index (κ1) is 13.3. The van der Waals surface area contributed by atoms with Gasteiger partial charge in [0.15, 0.2) is 5.85 Å². The van der Waals surface area contributed by atoms with Crippen molar-refractivity contribution in [3.8, 4) is 0 Å². The Morgan fingerprint density at radius 3 is 2.07 bits per heavy atom. The highest BCUT2D eigenvalue weighted by molar-refractivity contribution is 7.57. The van der Waals surface area contributed by atoms with Crippen molar-refractivity contribution in [3.05, 3.63) is 0 Å². The molecule has 9 heteroatoms. The van der Waals surface area contributed by atoms with E-state index >= 15 is 0 Å². The van der Waals surface area contributed by atoms with Gasteiger partial charge >= 0.3 is 15.2 Å². The van der Waals surface area contributed by atoms with E-state index in [4.69, 9.17) is 24.3 Å². The smallest absolute Gasteiger partial charge is 0.355 e. The summed E-state index contributed by atoms with van der Waals surface area (Å²) < 4.78 is 26.9. The predicted molar refractivity (Wildman–Crippen MR) is 51.5 cm³/mol. The second kappa shape index (κ2) is 4.63. The van der Waals surface area contributed by atoms with Crippen LogP contribution in [0.3, 0.4) is 0 Å². The zero-order valence-electron chi connectivity index (χ0n) is 7.89. The maximum absolute atomic E-state index is 11.1. The lowest BCUT2D eigenvalue weighted by molar-refractivity contribution is 0.0885. The molecule has 0 aromatic heterocycles. The zero-order valence-corrected chi connectivity index (χ0v) is 9.68. The van der Waals surface area contributed by atoms with Crippen molar-refractivity contribution in [2.24, 2.45) is 0 Å². The van der Waals surface area contributed by atoms with Gasteiger partial charge in [-0.05, 0) is 12.8 Å². The number of rotatable bonds is 2. The number of hydrogen-bond acceptors (Lipinski definition) is 3. The van der Waals surface area contributed by atoms with Gasteiger partial charge in [0.1, 0.15) is 0 Å². The summed E-state index contributed by atoms with van der Waals surface area (Å²) in [5.74, 6) is -1.68. The lowest BCUT2D eigenvalue weighted by Crippen LogP contribution is -2.27. The van der Waals surface area contributed by atoms with Crippen molar-refractivity contribution in [3.63, 3.8) is 0 Å². The van der Waals surface area contributed by atoms with Gasteiger partial charge in [-0.15, -0.1) is 0 Å². The minimum atomic E-state index is -4.64. The second-order valence-electron chi connectivity index (χ2n) is 3.50. The van der Waals surface area contributed by atoms with E-state index in [1.807, 2.05) is 0 Å². The first-order valence-electron chi connectivity index (χ1n) is 4.45. The van der Waals surface area contributed by atoms with Gasteiger partial charge in [0.2, 0.25) is 0 Å². The van der Waals surface area contributed by atoms with Crippen LogP contribution in [0.2, 0.25) is 0 Å². The largest absolute Gasteiger partial charge is 0.365 e. The molecule has 1 fully saturated rings. The van der Waals surface area contributed by atoms with Gasteiger partial charge in [0.25, 0.3) is 0 Å². The lowest BCUT2D eigenvalue weighted by Gasteiger charge is -2.25. The Bertz CT molecular complexity index is 275. The van der Waals surface area contributed by atoms with Crippen molar-refractivity contribution in [1.82, 2.24) is 0 Å². The van der Waals surface area contributed by atoms with Crippen molar-refractivity contribution in [1.29, 1.82) is 0 Å². The summed E-state index contributed by atoms with van der Waals surface area (Å²) in [5.41, 5.74) is -1.40. The lowest BCUT2D eigenvalue weighted by atomic mass is 10.2. The highest BCUT2D eigenvalue weighted by Gasteiger charge is 2.46. The zero-order chi connectivity index (χ0) is 11.7. The molecule has 0 spiro atoms. The van der Waals surface area contributed by atoms with E-state index in [0.717, 1.165) is 0 Å². The maximum Gasteiger partial charge on any atom is 0.355 e. The first-order valence-corrected chi connectivity index (χ1v) is 7.81. The Labute approximate surface area is 86.8 Å². The van der Waals surface area contributed by atoms with E-state index in [-0.39, 0.29) is 13.0 Å². The van der Waals surface area contributed by atoms with Crippen molar-refractivity contribution >= 4 is 15.2 Å². The van der Waals surface area contributed by atoms with Crippen molar-refractivity contribution in [2.75, 3.05) is 6.61 Å². The minimum absolute atomic E-state index is 0.0695. The van der Waals surface area contributed by atoms with Crippen LogP contribution in [0, 0.1) is 0 Å². The molecule has 0 aromatic carbocycles. The molecule has 2 atom stereocenters. The summed E-state index contributed by atoms with van der Waals surface area (Å²) >= 11 is 0. The van der Waals surface area contributed by atoms with Crippen LogP contribution in [-0.4, -0.2) is 37.7 Å². The van der Waals surface area contributed by atoms with E-state index in [1.165, 1.54) is 0 Å². The van der Waals surface area contributed by atoms with Crippen LogP contribution < -0.4 is 0 Å². The van der Waals surface area contributed by atoms with E-state index in [1.54, 1.807) is 0 Å². The molecule has 1 aliphatic heterocycles. The van der Waals surface area contributed by atoms with E-state index in [2.05, 4.69) is 0 Å². The van der Waals surface area contributed by atoms with Crippen LogP contribution in [0.4, 0.5) is 0 Å². The minimum Gasteiger partial charge on any atom is -0.365 e. The predicted octanol–water partition coefficient (Wildman–Crippen LogP) is 0.237. The van der Waals surface area contributed by atoms with Gasteiger partial charge in [-0.1, -0.05) is 6.42 Å². The summed E-state index contributed by atoms with van der Waals surface area (Å²) in [7, 11) is -9.17. The van der Waals surface area contributed by atoms with Gasteiger partial charge in [-0.2, -0.15) is 0 Å². The van der Waals surface area contributed by atoms with Gasteiger partial charge in [0.05, 0.1) is 5.66 Å². The van der Waals surface area contributed by atoms with Crippen LogP contribution in [0.1, 0.15) is 19.3 Å². The molecule has 1 heterocycles. The molecule has 0 bridgehead atoms. The molecule has 1 rings (SSSR count). The molecule has 7 nitrogen and oxygen atoms in total. The Morgan fingerprint density at radius 1 is 1.00 bits per heavy atom. The van der Waals surface area contributed by atoms with Crippen molar-refractivity contribution in [2.45, 2.75) is 30.8 Å². The summed E-state index contributed by atoms with van der Waals surface area (Å²) in [4.78, 5) is 35.9. The monoisotopic (exact) mass is 260 g/mol.